The SMILES string of the molecule is CCNCC1CCCCN1S(=O)(=O)c1cc(C)ccc1C. The van der Waals surface area contributed by atoms with Crippen LogP contribution in [0.5, 0.6) is 0 Å². The summed E-state index contributed by atoms with van der Waals surface area (Å²) in [6.07, 6.45) is 3.00. The van der Waals surface area contributed by atoms with E-state index in [1.165, 1.54) is 0 Å². The van der Waals surface area contributed by atoms with Gasteiger partial charge in [-0.05, 0) is 50.4 Å². The molecule has 0 spiro atoms. The fraction of sp³-hybridized carbons (Fsp3) is 0.625. The zero-order valence-corrected chi connectivity index (χ0v) is 14.0. The van der Waals surface area contributed by atoms with Crippen LogP contribution >= 0.6 is 0 Å². The molecule has 1 aromatic carbocycles. The van der Waals surface area contributed by atoms with Crippen molar-refractivity contribution in [2.45, 2.75) is 51.0 Å². The van der Waals surface area contributed by atoms with Gasteiger partial charge in [0, 0.05) is 19.1 Å². The van der Waals surface area contributed by atoms with E-state index in [2.05, 4.69) is 5.32 Å². The molecule has 1 atom stereocenters. The highest BCUT2D eigenvalue weighted by Crippen LogP contribution is 2.27. The standard InChI is InChI=1S/C16H26N2O2S/c1-4-17-12-15-7-5-6-10-18(15)21(19,20)16-11-13(2)8-9-14(16)3/h8-9,11,15,17H,4-7,10,12H2,1-3H3. The Morgan fingerprint density at radius 1 is 1.29 bits per heavy atom. The van der Waals surface area contributed by atoms with E-state index >= 15 is 0 Å². The van der Waals surface area contributed by atoms with Gasteiger partial charge in [-0.2, -0.15) is 4.31 Å². The van der Waals surface area contributed by atoms with E-state index in [1.54, 1.807) is 10.4 Å². The molecule has 0 saturated carbocycles. The summed E-state index contributed by atoms with van der Waals surface area (Å²) in [5.74, 6) is 0. The smallest absolute Gasteiger partial charge is 0.243 e. The van der Waals surface area contributed by atoms with Gasteiger partial charge in [0.15, 0.2) is 0 Å². The van der Waals surface area contributed by atoms with Gasteiger partial charge in [-0.15, -0.1) is 0 Å². The molecular formula is C16H26N2O2S. The zero-order chi connectivity index (χ0) is 15.5. The molecule has 0 amide bonds. The monoisotopic (exact) mass is 310 g/mol. The van der Waals surface area contributed by atoms with Gasteiger partial charge >= 0.3 is 0 Å². The van der Waals surface area contributed by atoms with E-state index in [9.17, 15) is 8.42 Å². The normalized spacial score (nSPS) is 20.6. The molecule has 2 rings (SSSR count). The van der Waals surface area contributed by atoms with Crippen LogP contribution in [0.15, 0.2) is 23.1 Å². The molecule has 0 aromatic heterocycles. The summed E-state index contributed by atoms with van der Waals surface area (Å²) in [6.45, 7) is 8.09. The van der Waals surface area contributed by atoms with Crippen LogP contribution in [0.3, 0.4) is 0 Å². The van der Waals surface area contributed by atoms with Crippen molar-refractivity contribution in [2.24, 2.45) is 0 Å². The number of rotatable bonds is 5. The average Bonchev–Trinajstić information content (AvgIpc) is 2.47. The molecule has 0 bridgehead atoms. The summed E-state index contributed by atoms with van der Waals surface area (Å²) in [4.78, 5) is 0.464. The Bertz CT molecular complexity index is 584. The van der Waals surface area contributed by atoms with Crippen LogP contribution in [-0.2, 0) is 10.0 Å². The van der Waals surface area contributed by atoms with Gasteiger partial charge in [-0.3, -0.25) is 0 Å². The number of likely N-dealkylation sites (N-methyl/N-ethyl adjacent to an activating group) is 1. The molecule has 0 radical (unpaired) electrons. The highest BCUT2D eigenvalue weighted by molar-refractivity contribution is 7.89. The molecule has 4 nitrogen and oxygen atoms in total. The number of hydrogen-bond acceptors (Lipinski definition) is 3. The van der Waals surface area contributed by atoms with E-state index in [1.807, 2.05) is 32.9 Å². The third-order valence-electron chi connectivity index (χ3n) is 4.13. The van der Waals surface area contributed by atoms with Crippen LogP contribution in [0.1, 0.15) is 37.3 Å². The summed E-state index contributed by atoms with van der Waals surface area (Å²) in [5.41, 5.74) is 1.81. The minimum Gasteiger partial charge on any atom is -0.315 e. The van der Waals surface area contributed by atoms with Crippen molar-refractivity contribution in [3.8, 4) is 0 Å². The summed E-state index contributed by atoms with van der Waals surface area (Å²) < 4.78 is 27.8. The summed E-state index contributed by atoms with van der Waals surface area (Å²) in [5, 5.41) is 3.29. The topological polar surface area (TPSA) is 49.4 Å². The van der Waals surface area contributed by atoms with Crippen LogP contribution in [-0.4, -0.2) is 38.4 Å². The lowest BCUT2D eigenvalue weighted by Gasteiger charge is -2.35. The number of aryl methyl sites for hydroxylation is 2. The second-order valence-electron chi connectivity index (χ2n) is 5.84. The molecule has 21 heavy (non-hydrogen) atoms. The van der Waals surface area contributed by atoms with Crippen molar-refractivity contribution >= 4 is 10.0 Å². The molecule has 1 aromatic rings. The highest BCUT2D eigenvalue weighted by atomic mass is 32.2. The maximum absolute atomic E-state index is 13.0. The van der Waals surface area contributed by atoms with Crippen molar-refractivity contribution in [1.82, 2.24) is 9.62 Å². The maximum atomic E-state index is 13.0. The number of piperidine rings is 1. The van der Waals surface area contributed by atoms with Gasteiger partial charge in [0.05, 0.1) is 4.90 Å². The van der Waals surface area contributed by atoms with Crippen molar-refractivity contribution in [1.29, 1.82) is 0 Å². The molecule has 1 aliphatic rings. The van der Waals surface area contributed by atoms with Gasteiger partial charge in [-0.25, -0.2) is 8.42 Å². The number of benzene rings is 1. The van der Waals surface area contributed by atoms with E-state index in [4.69, 9.17) is 0 Å². The van der Waals surface area contributed by atoms with Crippen LogP contribution in [0, 0.1) is 13.8 Å². The van der Waals surface area contributed by atoms with Gasteiger partial charge in [0.25, 0.3) is 0 Å². The Hall–Kier alpha value is -0.910. The Morgan fingerprint density at radius 3 is 2.76 bits per heavy atom. The fourth-order valence-corrected chi connectivity index (χ4v) is 4.92. The van der Waals surface area contributed by atoms with E-state index in [0.717, 1.165) is 43.5 Å². The van der Waals surface area contributed by atoms with Crippen molar-refractivity contribution in [3.63, 3.8) is 0 Å². The van der Waals surface area contributed by atoms with E-state index in [0.29, 0.717) is 11.4 Å². The predicted molar refractivity (Wildman–Crippen MR) is 86.0 cm³/mol. The Kier molecular flexibility index (Phi) is 5.41. The third-order valence-corrected chi connectivity index (χ3v) is 6.23. The lowest BCUT2D eigenvalue weighted by atomic mass is 10.1. The van der Waals surface area contributed by atoms with Crippen molar-refractivity contribution in [3.05, 3.63) is 29.3 Å². The van der Waals surface area contributed by atoms with Crippen LogP contribution in [0.2, 0.25) is 0 Å². The molecule has 5 heteroatoms. The molecule has 1 unspecified atom stereocenters. The van der Waals surface area contributed by atoms with E-state index in [-0.39, 0.29) is 6.04 Å². The Morgan fingerprint density at radius 2 is 2.05 bits per heavy atom. The second kappa shape index (κ2) is 6.90. The molecule has 1 N–H and O–H groups in total. The van der Waals surface area contributed by atoms with Crippen LogP contribution in [0.4, 0.5) is 0 Å². The van der Waals surface area contributed by atoms with Crippen LogP contribution < -0.4 is 5.32 Å². The van der Waals surface area contributed by atoms with Gasteiger partial charge in [0.1, 0.15) is 0 Å². The average molecular weight is 310 g/mol. The molecule has 1 saturated heterocycles. The lowest BCUT2D eigenvalue weighted by molar-refractivity contribution is 0.246. The fourth-order valence-electron chi connectivity index (χ4n) is 2.92. The summed E-state index contributed by atoms with van der Waals surface area (Å²) in [7, 11) is -3.40. The first-order chi connectivity index (χ1) is 9.96. The predicted octanol–water partition coefficient (Wildman–Crippen LogP) is 2.46. The molecule has 1 fully saturated rings. The molecule has 0 aliphatic carbocycles. The minimum atomic E-state index is -3.40. The third kappa shape index (κ3) is 3.65. The summed E-state index contributed by atoms with van der Waals surface area (Å²) >= 11 is 0. The first-order valence-corrected chi connectivity index (χ1v) is 9.20. The molecule has 118 valence electrons. The van der Waals surface area contributed by atoms with Gasteiger partial charge < -0.3 is 5.32 Å². The quantitative estimate of drug-likeness (QED) is 0.909. The zero-order valence-electron chi connectivity index (χ0n) is 13.2. The highest BCUT2D eigenvalue weighted by Gasteiger charge is 2.33. The second-order valence-corrected chi connectivity index (χ2v) is 7.70. The molecular weight excluding hydrogens is 284 g/mol. The number of nitrogens with one attached hydrogen (secondary N) is 1. The van der Waals surface area contributed by atoms with E-state index < -0.39 is 10.0 Å². The van der Waals surface area contributed by atoms with Gasteiger partial charge in [-0.1, -0.05) is 25.5 Å². The van der Waals surface area contributed by atoms with Crippen LogP contribution in [0.25, 0.3) is 0 Å². The number of sulfonamides is 1. The Labute approximate surface area is 128 Å². The van der Waals surface area contributed by atoms with Crippen molar-refractivity contribution in [2.75, 3.05) is 19.6 Å². The van der Waals surface area contributed by atoms with Gasteiger partial charge in [0.2, 0.25) is 10.0 Å². The molecule has 1 aliphatic heterocycles. The minimum absolute atomic E-state index is 0.0728. The van der Waals surface area contributed by atoms with Crippen molar-refractivity contribution < 1.29 is 8.42 Å². The lowest BCUT2D eigenvalue weighted by Crippen LogP contribution is -2.48. The first-order valence-electron chi connectivity index (χ1n) is 7.76. The first kappa shape index (κ1) is 16.5. The Balaban J connectivity index is 2.33. The number of hydrogen-bond donors (Lipinski definition) is 1. The summed E-state index contributed by atoms with van der Waals surface area (Å²) in [6, 6.07) is 5.72. The molecule has 1 heterocycles. The maximum Gasteiger partial charge on any atom is 0.243 e. The largest absolute Gasteiger partial charge is 0.315 e. The number of nitrogens with zero attached hydrogens (tertiary/aromatic N) is 1.